The number of nitrogens with zero attached hydrogens (tertiary/aromatic N) is 1. The minimum Gasteiger partial charge on any atom is -0.253 e. The van der Waals surface area contributed by atoms with Crippen LogP contribution in [0.3, 0.4) is 0 Å². The molecule has 0 aliphatic heterocycles. The zero-order valence-electron chi connectivity index (χ0n) is 11.1. The normalized spacial score (nSPS) is 12.5. The molecular weight excluding hydrogens is 336 g/mol. The van der Waals surface area contributed by atoms with Crippen LogP contribution < -0.4 is 0 Å². The highest BCUT2D eigenvalue weighted by Gasteiger charge is 2.18. The largest absolute Gasteiger partial charge is 0.253 e. The number of benzene rings is 2. The predicted octanol–water partition coefficient (Wildman–Crippen LogP) is 5.19. The fourth-order valence-electron chi connectivity index (χ4n) is 2.32. The Kier molecular flexibility index (Phi) is 3.97. The summed E-state index contributed by atoms with van der Waals surface area (Å²) in [5, 5.41) is 1.05. The molecule has 21 heavy (non-hydrogen) atoms. The van der Waals surface area contributed by atoms with Crippen LogP contribution in [0.1, 0.15) is 16.1 Å². The number of para-hydroxylation sites is 1. The molecule has 1 nitrogen and oxygen atoms in total. The zero-order valence-corrected chi connectivity index (χ0v) is 12.6. The van der Waals surface area contributed by atoms with Gasteiger partial charge < -0.3 is 0 Å². The molecule has 0 saturated carbocycles. The van der Waals surface area contributed by atoms with Gasteiger partial charge in [-0.25, -0.2) is 8.78 Å². The van der Waals surface area contributed by atoms with E-state index < -0.39 is 16.5 Å². The van der Waals surface area contributed by atoms with Crippen LogP contribution >= 0.6 is 15.9 Å². The SMILES string of the molecule is Fc1cccc(F)c1C(Br)Cc1ccc2ccccc2n1. The molecule has 3 aromatic rings. The van der Waals surface area contributed by atoms with Crippen molar-refractivity contribution >= 4 is 26.8 Å². The third-order valence-electron chi connectivity index (χ3n) is 3.36. The highest BCUT2D eigenvalue weighted by molar-refractivity contribution is 9.09. The van der Waals surface area contributed by atoms with Gasteiger partial charge in [0, 0.05) is 23.1 Å². The van der Waals surface area contributed by atoms with Gasteiger partial charge in [0.2, 0.25) is 0 Å². The maximum absolute atomic E-state index is 13.8. The van der Waals surface area contributed by atoms with Crippen molar-refractivity contribution in [3.63, 3.8) is 0 Å². The minimum atomic E-state index is -0.544. The van der Waals surface area contributed by atoms with Gasteiger partial charge in [0.1, 0.15) is 11.6 Å². The van der Waals surface area contributed by atoms with Crippen LogP contribution in [0, 0.1) is 11.6 Å². The van der Waals surface area contributed by atoms with Crippen LogP contribution in [0.5, 0.6) is 0 Å². The quantitative estimate of drug-likeness (QED) is 0.594. The minimum absolute atomic E-state index is 0.0486. The molecular formula is C17H12BrF2N. The molecule has 3 rings (SSSR count). The smallest absolute Gasteiger partial charge is 0.130 e. The van der Waals surface area contributed by atoms with Gasteiger partial charge >= 0.3 is 0 Å². The third kappa shape index (κ3) is 2.95. The standard InChI is InChI=1S/C17H12BrF2N/c18-13(17-14(19)5-3-6-15(17)20)10-12-9-8-11-4-1-2-7-16(11)21-12/h1-9,13H,10H2. The lowest BCUT2D eigenvalue weighted by Crippen LogP contribution is -2.03. The first-order valence-corrected chi connectivity index (χ1v) is 7.49. The van der Waals surface area contributed by atoms with E-state index in [1.165, 1.54) is 18.2 Å². The lowest BCUT2D eigenvalue weighted by Gasteiger charge is -2.12. The van der Waals surface area contributed by atoms with Crippen LogP contribution in [-0.2, 0) is 6.42 Å². The molecule has 1 aromatic heterocycles. The Bertz CT molecular complexity index is 768. The summed E-state index contributed by atoms with van der Waals surface area (Å²) in [6, 6.07) is 15.5. The topological polar surface area (TPSA) is 12.9 Å². The molecule has 0 bridgehead atoms. The second-order valence-corrected chi connectivity index (χ2v) is 5.91. The Balaban J connectivity index is 1.91. The van der Waals surface area contributed by atoms with Crippen molar-refractivity contribution in [2.75, 3.05) is 0 Å². The van der Waals surface area contributed by atoms with E-state index in [0.29, 0.717) is 6.42 Å². The monoisotopic (exact) mass is 347 g/mol. The Hall–Kier alpha value is -1.81. The van der Waals surface area contributed by atoms with Crippen LogP contribution in [-0.4, -0.2) is 4.98 Å². The first-order chi connectivity index (χ1) is 10.1. The summed E-state index contributed by atoms with van der Waals surface area (Å²) < 4.78 is 27.5. The van der Waals surface area contributed by atoms with Gasteiger partial charge in [-0.3, -0.25) is 4.98 Å². The van der Waals surface area contributed by atoms with Crippen molar-refractivity contribution < 1.29 is 8.78 Å². The van der Waals surface area contributed by atoms with Crippen molar-refractivity contribution in [3.8, 4) is 0 Å². The molecule has 0 N–H and O–H groups in total. The van der Waals surface area contributed by atoms with Gasteiger partial charge in [-0.1, -0.05) is 46.3 Å². The number of hydrogen-bond acceptors (Lipinski definition) is 1. The average Bonchev–Trinajstić information content (AvgIpc) is 2.47. The van der Waals surface area contributed by atoms with Crippen LogP contribution in [0.15, 0.2) is 54.6 Å². The highest BCUT2D eigenvalue weighted by atomic mass is 79.9. The van der Waals surface area contributed by atoms with Crippen LogP contribution in [0.25, 0.3) is 10.9 Å². The maximum atomic E-state index is 13.8. The van der Waals surface area contributed by atoms with Gasteiger partial charge in [0.25, 0.3) is 0 Å². The van der Waals surface area contributed by atoms with E-state index in [9.17, 15) is 8.78 Å². The van der Waals surface area contributed by atoms with Crippen molar-refractivity contribution in [1.29, 1.82) is 0 Å². The molecule has 4 heteroatoms. The number of halogens is 3. The van der Waals surface area contributed by atoms with Gasteiger partial charge in [0.15, 0.2) is 0 Å². The van der Waals surface area contributed by atoms with Gasteiger partial charge in [-0.05, 0) is 24.3 Å². The Morgan fingerprint density at radius 2 is 1.62 bits per heavy atom. The second-order valence-electron chi connectivity index (χ2n) is 4.80. The highest BCUT2D eigenvalue weighted by Crippen LogP contribution is 2.31. The van der Waals surface area contributed by atoms with E-state index in [0.717, 1.165) is 16.6 Å². The van der Waals surface area contributed by atoms with Crippen molar-refractivity contribution in [3.05, 3.63) is 77.5 Å². The van der Waals surface area contributed by atoms with E-state index in [1.807, 2.05) is 36.4 Å². The molecule has 0 spiro atoms. The van der Waals surface area contributed by atoms with E-state index in [2.05, 4.69) is 20.9 Å². The summed E-state index contributed by atoms with van der Waals surface area (Å²) >= 11 is 3.37. The first-order valence-electron chi connectivity index (χ1n) is 6.58. The van der Waals surface area contributed by atoms with Crippen molar-refractivity contribution in [2.45, 2.75) is 11.2 Å². The molecule has 0 aliphatic carbocycles. The number of rotatable bonds is 3. The molecule has 1 unspecified atom stereocenters. The van der Waals surface area contributed by atoms with E-state index in [-0.39, 0.29) is 5.56 Å². The Morgan fingerprint density at radius 1 is 0.905 bits per heavy atom. The molecule has 106 valence electrons. The predicted molar refractivity (Wildman–Crippen MR) is 83.5 cm³/mol. The van der Waals surface area contributed by atoms with E-state index in [1.54, 1.807) is 0 Å². The fourth-order valence-corrected chi connectivity index (χ4v) is 3.09. The molecule has 1 heterocycles. The van der Waals surface area contributed by atoms with E-state index in [4.69, 9.17) is 0 Å². The molecule has 0 saturated heterocycles. The molecule has 0 fully saturated rings. The van der Waals surface area contributed by atoms with Gasteiger partial charge in [-0.15, -0.1) is 0 Å². The molecule has 0 amide bonds. The van der Waals surface area contributed by atoms with Crippen molar-refractivity contribution in [2.24, 2.45) is 0 Å². The summed E-state index contributed by atoms with van der Waals surface area (Å²) in [6.45, 7) is 0. The summed E-state index contributed by atoms with van der Waals surface area (Å²) in [5.41, 5.74) is 1.72. The summed E-state index contributed by atoms with van der Waals surface area (Å²) in [5.74, 6) is -1.09. The third-order valence-corrected chi connectivity index (χ3v) is 4.14. The summed E-state index contributed by atoms with van der Waals surface area (Å²) in [6.07, 6.45) is 0.419. The van der Waals surface area contributed by atoms with Crippen molar-refractivity contribution in [1.82, 2.24) is 4.98 Å². The number of pyridine rings is 1. The van der Waals surface area contributed by atoms with E-state index >= 15 is 0 Å². The molecule has 1 atom stereocenters. The fraction of sp³-hybridized carbons (Fsp3) is 0.118. The zero-order chi connectivity index (χ0) is 14.8. The first kappa shape index (κ1) is 14.1. The molecule has 2 aromatic carbocycles. The van der Waals surface area contributed by atoms with Gasteiger partial charge in [0.05, 0.1) is 10.3 Å². The Morgan fingerprint density at radius 3 is 2.38 bits per heavy atom. The summed E-state index contributed by atoms with van der Waals surface area (Å²) in [7, 11) is 0. The number of fused-ring (bicyclic) bond motifs is 1. The average molecular weight is 348 g/mol. The second kappa shape index (κ2) is 5.90. The number of alkyl halides is 1. The lowest BCUT2D eigenvalue weighted by atomic mass is 10.1. The molecule has 0 radical (unpaired) electrons. The Labute approximate surface area is 129 Å². The van der Waals surface area contributed by atoms with Crippen LogP contribution in [0.4, 0.5) is 8.78 Å². The maximum Gasteiger partial charge on any atom is 0.130 e. The summed E-state index contributed by atoms with van der Waals surface area (Å²) in [4.78, 5) is 4.07. The number of hydrogen-bond donors (Lipinski definition) is 0. The molecule has 0 aliphatic rings. The lowest BCUT2D eigenvalue weighted by molar-refractivity contribution is 0.553. The van der Waals surface area contributed by atoms with Gasteiger partial charge in [-0.2, -0.15) is 0 Å². The number of aromatic nitrogens is 1. The van der Waals surface area contributed by atoms with Crippen LogP contribution in [0.2, 0.25) is 0 Å².